The highest BCUT2D eigenvalue weighted by molar-refractivity contribution is 4.41. The van der Waals surface area contributed by atoms with Crippen LogP contribution in [0.1, 0.15) is 12.8 Å². The molecule has 0 bridgehead atoms. The molecule has 0 aromatic carbocycles. The van der Waals surface area contributed by atoms with E-state index in [1.807, 2.05) is 0 Å². The van der Waals surface area contributed by atoms with Crippen molar-refractivity contribution in [2.24, 2.45) is 5.73 Å². The smallest absolute Gasteiger partial charge is 0.174 e. The zero-order valence-electron chi connectivity index (χ0n) is 6.49. The predicted octanol–water partition coefficient (Wildman–Crippen LogP) is -1.44. The molecule has 0 aromatic rings. The minimum atomic E-state index is -0.853. The average molecular weight is 164 g/mol. The first-order valence-corrected chi connectivity index (χ1v) is 3.68. The van der Waals surface area contributed by atoms with Crippen LogP contribution in [0.25, 0.3) is 0 Å². The molecule has 11 heavy (non-hydrogen) atoms. The lowest BCUT2D eigenvalue weighted by atomic mass is 10.3. The van der Waals surface area contributed by atoms with Crippen molar-refractivity contribution in [3.8, 4) is 0 Å². The molecular formula is C6H16N2O3. The third-order valence-corrected chi connectivity index (χ3v) is 1.07. The minimum absolute atomic E-state index is 0.0668. The summed E-state index contributed by atoms with van der Waals surface area (Å²) in [4.78, 5) is 4.70. The summed E-state index contributed by atoms with van der Waals surface area (Å²) in [7, 11) is 0. The van der Waals surface area contributed by atoms with Crippen LogP contribution in [0.5, 0.6) is 0 Å². The summed E-state index contributed by atoms with van der Waals surface area (Å²) in [5, 5.41) is 17.3. The van der Waals surface area contributed by atoms with Crippen molar-refractivity contribution in [3.05, 3.63) is 0 Å². The first kappa shape index (κ1) is 10.8. The van der Waals surface area contributed by atoms with Crippen molar-refractivity contribution in [3.63, 3.8) is 0 Å². The second-order valence-electron chi connectivity index (χ2n) is 2.12. The maximum atomic E-state index is 8.97. The van der Waals surface area contributed by atoms with Gasteiger partial charge >= 0.3 is 0 Å². The summed E-state index contributed by atoms with van der Waals surface area (Å²) in [6.07, 6.45) is 0.105. The summed E-state index contributed by atoms with van der Waals surface area (Å²) >= 11 is 0. The second-order valence-corrected chi connectivity index (χ2v) is 2.12. The Labute approximate surface area is 66.1 Å². The van der Waals surface area contributed by atoms with E-state index < -0.39 is 6.29 Å². The number of nitrogens with two attached hydrogens (primary N) is 1. The van der Waals surface area contributed by atoms with E-state index in [-0.39, 0.29) is 6.61 Å². The monoisotopic (exact) mass is 164 g/mol. The molecule has 68 valence electrons. The van der Waals surface area contributed by atoms with Crippen molar-refractivity contribution in [1.82, 2.24) is 5.48 Å². The lowest BCUT2D eigenvalue weighted by Gasteiger charge is -2.10. The fourth-order valence-corrected chi connectivity index (χ4v) is 0.539. The largest absolute Gasteiger partial charge is 0.396 e. The van der Waals surface area contributed by atoms with E-state index in [1.165, 1.54) is 0 Å². The molecular weight excluding hydrogens is 148 g/mol. The maximum Gasteiger partial charge on any atom is 0.174 e. The van der Waals surface area contributed by atoms with Crippen molar-refractivity contribution >= 4 is 0 Å². The van der Waals surface area contributed by atoms with Crippen molar-refractivity contribution in [2.45, 2.75) is 19.1 Å². The van der Waals surface area contributed by atoms with E-state index in [0.29, 0.717) is 25.9 Å². The molecule has 0 radical (unpaired) electrons. The van der Waals surface area contributed by atoms with Gasteiger partial charge in [0, 0.05) is 26.1 Å². The summed E-state index contributed by atoms with van der Waals surface area (Å²) in [6.45, 7) is 1.04. The molecule has 0 amide bonds. The van der Waals surface area contributed by atoms with Gasteiger partial charge in [0.05, 0.1) is 0 Å². The fraction of sp³-hybridized carbons (Fsp3) is 1.00. The first-order chi connectivity index (χ1) is 5.31. The van der Waals surface area contributed by atoms with Gasteiger partial charge in [-0.1, -0.05) is 0 Å². The molecule has 0 saturated heterocycles. The predicted molar refractivity (Wildman–Crippen MR) is 40.5 cm³/mol. The topological polar surface area (TPSA) is 87.7 Å². The molecule has 0 heterocycles. The number of nitrogens with one attached hydrogen (secondary N) is 1. The molecule has 0 aliphatic heterocycles. The second kappa shape index (κ2) is 7.90. The van der Waals surface area contributed by atoms with Gasteiger partial charge in [-0.25, -0.2) is 0 Å². The van der Waals surface area contributed by atoms with Gasteiger partial charge in [-0.3, -0.25) is 4.84 Å². The van der Waals surface area contributed by atoms with Crippen LogP contribution in [0.2, 0.25) is 0 Å². The van der Waals surface area contributed by atoms with Crippen LogP contribution in [0.15, 0.2) is 0 Å². The molecule has 0 fully saturated rings. The summed E-state index contributed by atoms with van der Waals surface area (Å²) < 4.78 is 0. The van der Waals surface area contributed by atoms with E-state index >= 15 is 0 Å². The molecule has 0 rings (SSSR count). The van der Waals surface area contributed by atoms with Gasteiger partial charge in [0.2, 0.25) is 0 Å². The molecule has 0 aliphatic carbocycles. The van der Waals surface area contributed by atoms with Crippen LogP contribution >= 0.6 is 0 Å². The van der Waals surface area contributed by atoms with Crippen LogP contribution in [-0.2, 0) is 4.84 Å². The van der Waals surface area contributed by atoms with Crippen molar-refractivity contribution < 1.29 is 15.1 Å². The van der Waals surface area contributed by atoms with E-state index in [9.17, 15) is 0 Å². The molecule has 5 N–H and O–H groups in total. The van der Waals surface area contributed by atoms with Gasteiger partial charge in [0.15, 0.2) is 6.29 Å². The summed E-state index contributed by atoms with van der Waals surface area (Å²) in [5.74, 6) is 0. The Bertz CT molecular complexity index is 82.2. The van der Waals surface area contributed by atoms with Gasteiger partial charge < -0.3 is 15.9 Å². The Morgan fingerprint density at radius 3 is 2.82 bits per heavy atom. The number of hydrogen-bond donors (Lipinski definition) is 4. The van der Waals surface area contributed by atoms with Crippen LogP contribution in [0.4, 0.5) is 0 Å². The van der Waals surface area contributed by atoms with Crippen LogP contribution in [0.3, 0.4) is 0 Å². The lowest BCUT2D eigenvalue weighted by Crippen LogP contribution is -2.28. The number of aliphatic hydroxyl groups excluding tert-OH is 2. The number of hydrogen-bond acceptors (Lipinski definition) is 5. The Kier molecular flexibility index (Phi) is 7.76. The van der Waals surface area contributed by atoms with Gasteiger partial charge in [-0.2, -0.15) is 5.48 Å². The molecule has 0 spiro atoms. The Balaban J connectivity index is 3.02. The lowest BCUT2D eigenvalue weighted by molar-refractivity contribution is -0.150. The van der Waals surface area contributed by atoms with E-state index in [0.717, 1.165) is 0 Å². The standard InChI is InChI=1S/C6H16N2O3/c7-3-4-8-11-6(10)2-1-5-9/h6,8-10H,1-5,7H2. The van der Waals surface area contributed by atoms with E-state index in [4.69, 9.17) is 20.8 Å². The Morgan fingerprint density at radius 2 is 2.27 bits per heavy atom. The van der Waals surface area contributed by atoms with Crippen LogP contribution in [0, 0.1) is 0 Å². The zero-order chi connectivity index (χ0) is 8.53. The van der Waals surface area contributed by atoms with Crippen LogP contribution in [-0.4, -0.2) is 36.2 Å². The zero-order valence-corrected chi connectivity index (χ0v) is 6.49. The Hall–Kier alpha value is -0.200. The third kappa shape index (κ3) is 7.70. The molecule has 1 atom stereocenters. The maximum absolute atomic E-state index is 8.97. The summed E-state index contributed by atoms with van der Waals surface area (Å²) in [5.41, 5.74) is 7.64. The summed E-state index contributed by atoms with van der Waals surface area (Å²) in [6, 6.07) is 0. The first-order valence-electron chi connectivity index (χ1n) is 3.68. The fourth-order valence-electron chi connectivity index (χ4n) is 0.539. The highest BCUT2D eigenvalue weighted by Gasteiger charge is 2.01. The molecule has 0 saturated carbocycles. The average Bonchev–Trinajstić information content (AvgIpc) is 2.01. The highest BCUT2D eigenvalue weighted by Crippen LogP contribution is 1.94. The van der Waals surface area contributed by atoms with Crippen LogP contribution < -0.4 is 11.2 Å². The normalized spacial score (nSPS) is 13.4. The van der Waals surface area contributed by atoms with Gasteiger partial charge in [-0.15, -0.1) is 0 Å². The van der Waals surface area contributed by atoms with Gasteiger partial charge in [0.25, 0.3) is 0 Å². The number of rotatable bonds is 7. The number of hydroxylamine groups is 1. The van der Waals surface area contributed by atoms with Crippen molar-refractivity contribution in [2.75, 3.05) is 19.7 Å². The number of aliphatic hydroxyl groups is 2. The molecule has 5 heteroatoms. The van der Waals surface area contributed by atoms with Gasteiger partial charge in [-0.05, 0) is 6.42 Å². The molecule has 5 nitrogen and oxygen atoms in total. The van der Waals surface area contributed by atoms with Gasteiger partial charge in [0.1, 0.15) is 0 Å². The molecule has 1 unspecified atom stereocenters. The highest BCUT2D eigenvalue weighted by atomic mass is 16.7. The third-order valence-electron chi connectivity index (χ3n) is 1.07. The van der Waals surface area contributed by atoms with E-state index in [1.54, 1.807) is 0 Å². The minimum Gasteiger partial charge on any atom is -0.396 e. The quantitative estimate of drug-likeness (QED) is 0.210. The molecule has 0 aliphatic rings. The van der Waals surface area contributed by atoms with E-state index in [2.05, 4.69) is 5.48 Å². The molecule has 0 aromatic heterocycles. The Morgan fingerprint density at radius 1 is 1.55 bits per heavy atom. The SMILES string of the molecule is NCCNOC(O)CCCO. The van der Waals surface area contributed by atoms with Crippen molar-refractivity contribution in [1.29, 1.82) is 0 Å².